The van der Waals surface area contributed by atoms with Crippen molar-refractivity contribution in [3.05, 3.63) is 59.9 Å². The second kappa shape index (κ2) is 6.70. The van der Waals surface area contributed by atoms with Crippen molar-refractivity contribution in [1.82, 2.24) is 10.3 Å². The van der Waals surface area contributed by atoms with Crippen LogP contribution in [-0.2, 0) is 6.42 Å². The van der Waals surface area contributed by atoms with E-state index < -0.39 is 0 Å². The van der Waals surface area contributed by atoms with Gasteiger partial charge in [-0.15, -0.1) is 0 Å². The lowest BCUT2D eigenvalue weighted by Crippen LogP contribution is -2.33. The molecule has 0 aliphatic carbocycles. The molecule has 0 aliphatic rings. The van der Waals surface area contributed by atoms with E-state index >= 15 is 0 Å². The maximum atomic E-state index is 12.1. The average molecular weight is 269 g/mol. The molecular formula is C16H19N3O. The number of hydrogen-bond acceptors (Lipinski definition) is 3. The first-order valence-corrected chi connectivity index (χ1v) is 6.71. The lowest BCUT2D eigenvalue weighted by atomic mass is 10.1. The minimum Gasteiger partial charge on any atom is -0.397 e. The van der Waals surface area contributed by atoms with Gasteiger partial charge in [-0.25, -0.2) is 0 Å². The molecule has 0 radical (unpaired) electrons. The Kier molecular flexibility index (Phi) is 4.71. The number of hydrogen-bond donors (Lipinski definition) is 2. The molecule has 1 amide bonds. The first-order valence-electron chi connectivity index (χ1n) is 6.71. The Morgan fingerprint density at radius 2 is 2.05 bits per heavy atom. The minimum atomic E-state index is -0.148. The van der Waals surface area contributed by atoms with Gasteiger partial charge in [-0.1, -0.05) is 30.3 Å². The second-order valence-corrected chi connectivity index (χ2v) is 4.86. The van der Waals surface area contributed by atoms with Gasteiger partial charge in [0.25, 0.3) is 5.91 Å². The summed E-state index contributed by atoms with van der Waals surface area (Å²) in [5.41, 5.74) is 7.90. The fourth-order valence-electron chi connectivity index (χ4n) is 2.02. The van der Waals surface area contributed by atoms with Crippen LogP contribution in [0.25, 0.3) is 0 Å². The van der Waals surface area contributed by atoms with Gasteiger partial charge in [0.1, 0.15) is 0 Å². The third kappa shape index (κ3) is 3.82. The highest BCUT2D eigenvalue weighted by molar-refractivity contribution is 5.98. The summed E-state index contributed by atoms with van der Waals surface area (Å²) in [5.74, 6) is -0.148. The molecule has 1 atom stereocenters. The zero-order valence-electron chi connectivity index (χ0n) is 11.5. The summed E-state index contributed by atoms with van der Waals surface area (Å²) < 4.78 is 0. The van der Waals surface area contributed by atoms with Crippen molar-refractivity contribution in [3.8, 4) is 0 Å². The number of anilines is 1. The smallest absolute Gasteiger partial charge is 0.253 e. The highest BCUT2D eigenvalue weighted by Gasteiger charge is 2.12. The Bertz CT molecular complexity index is 569. The maximum absolute atomic E-state index is 12.1. The van der Waals surface area contributed by atoms with Crippen LogP contribution in [0.1, 0.15) is 29.3 Å². The lowest BCUT2D eigenvalue weighted by molar-refractivity contribution is 0.0939. The molecule has 0 saturated carbocycles. The van der Waals surface area contributed by atoms with Gasteiger partial charge in [0.15, 0.2) is 0 Å². The third-order valence-electron chi connectivity index (χ3n) is 3.18. The summed E-state index contributed by atoms with van der Waals surface area (Å²) in [5, 5.41) is 2.96. The summed E-state index contributed by atoms with van der Waals surface area (Å²) in [4.78, 5) is 15.9. The maximum Gasteiger partial charge on any atom is 0.253 e. The van der Waals surface area contributed by atoms with E-state index in [0.717, 1.165) is 12.8 Å². The van der Waals surface area contributed by atoms with Crippen molar-refractivity contribution in [3.63, 3.8) is 0 Å². The zero-order valence-corrected chi connectivity index (χ0v) is 11.5. The predicted octanol–water partition coefficient (Wildman–Crippen LogP) is 2.41. The molecule has 0 bridgehead atoms. The fraction of sp³-hybridized carbons (Fsp3) is 0.250. The number of nitrogen functional groups attached to an aromatic ring is 1. The molecule has 2 aromatic rings. The van der Waals surface area contributed by atoms with Gasteiger partial charge in [0.2, 0.25) is 0 Å². The summed E-state index contributed by atoms with van der Waals surface area (Å²) in [7, 11) is 0. The van der Waals surface area contributed by atoms with Crippen LogP contribution in [0, 0.1) is 0 Å². The molecule has 104 valence electrons. The first kappa shape index (κ1) is 14.1. The number of pyridine rings is 1. The number of nitrogens with two attached hydrogens (primary N) is 1. The van der Waals surface area contributed by atoms with Gasteiger partial charge in [-0.3, -0.25) is 9.78 Å². The number of carbonyl (C=O) groups is 1. The van der Waals surface area contributed by atoms with Gasteiger partial charge in [0, 0.05) is 12.2 Å². The van der Waals surface area contributed by atoms with Crippen LogP contribution in [0.15, 0.2) is 48.8 Å². The number of nitrogens with zero attached hydrogens (tertiary/aromatic N) is 1. The molecule has 1 heterocycles. The van der Waals surface area contributed by atoms with Crippen molar-refractivity contribution in [1.29, 1.82) is 0 Å². The van der Waals surface area contributed by atoms with Crippen LogP contribution in [0.2, 0.25) is 0 Å². The Morgan fingerprint density at radius 1 is 1.30 bits per heavy atom. The number of benzene rings is 1. The Balaban J connectivity index is 1.87. The molecule has 0 saturated heterocycles. The van der Waals surface area contributed by atoms with Crippen molar-refractivity contribution >= 4 is 11.6 Å². The van der Waals surface area contributed by atoms with E-state index in [2.05, 4.69) is 22.4 Å². The number of carbonyl (C=O) groups excluding carboxylic acids is 1. The molecule has 0 fully saturated rings. The predicted molar refractivity (Wildman–Crippen MR) is 80.3 cm³/mol. The third-order valence-corrected chi connectivity index (χ3v) is 3.18. The molecule has 1 aromatic carbocycles. The summed E-state index contributed by atoms with van der Waals surface area (Å²) in [6.07, 6.45) is 4.89. The molecule has 4 nitrogen and oxygen atoms in total. The first-order chi connectivity index (χ1) is 9.66. The molecule has 0 spiro atoms. The highest BCUT2D eigenvalue weighted by Crippen LogP contribution is 2.10. The van der Waals surface area contributed by atoms with Crippen LogP contribution in [-0.4, -0.2) is 16.9 Å². The van der Waals surface area contributed by atoms with Crippen LogP contribution >= 0.6 is 0 Å². The normalized spacial score (nSPS) is 11.8. The van der Waals surface area contributed by atoms with Crippen molar-refractivity contribution < 1.29 is 4.79 Å². The number of amides is 1. The zero-order chi connectivity index (χ0) is 14.4. The van der Waals surface area contributed by atoms with Crippen LogP contribution in [0.4, 0.5) is 5.69 Å². The minimum absolute atomic E-state index is 0.0928. The van der Waals surface area contributed by atoms with Gasteiger partial charge in [-0.2, -0.15) is 0 Å². The number of aromatic nitrogens is 1. The molecule has 4 heteroatoms. The topological polar surface area (TPSA) is 68.0 Å². The molecule has 1 aromatic heterocycles. The van der Waals surface area contributed by atoms with Gasteiger partial charge in [-0.05, 0) is 31.4 Å². The Hall–Kier alpha value is -2.36. The SMILES string of the molecule is CC(CCc1ccccc1)NC(=O)c1ccncc1N. The van der Waals surface area contributed by atoms with Crippen molar-refractivity contribution in [2.45, 2.75) is 25.8 Å². The molecule has 2 rings (SSSR count). The fourth-order valence-corrected chi connectivity index (χ4v) is 2.02. The van der Waals surface area contributed by atoms with E-state index in [-0.39, 0.29) is 11.9 Å². The Morgan fingerprint density at radius 3 is 2.75 bits per heavy atom. The van der Waals surface area contributed by atoms with Gasteiger partial charge < -0.3 is 11.1 Å². The van der Waals surface area contributed by atoms with E-state index in [0.29, 0.717) is 11.3 Å². The number of rotatable bonds is 5. The number of aryl methyl sites for hydroxylation is 1. The monoisotopic (exact) mass is 269 g/mol. The molecular weight excluding hydrogens is 250 g/mol. The number of nitrogens with one attached hydrogen (secondary N) is 1. The largest absolute Gasteiger partial charge is 0.397 e. The Labute approximate surface area is 119 Å². The standard InChI is InChI=1S/C16H19N3O/c1-12(7-8-13-5-3-2-4-6-13)19-16(20)14-9-10-18-11-15(14)17/h2-6,9-12H,7-8,17H2,1H3,(H,19,20). The van der Waals surface area contributed by atoms with Crippen molar-refractivity contribution in [2.75, 3.05) is 5.73 Å². The second-order valence-electron chi connectivity index (χ2n) is 4.86. The van der Waals surface area contributed by atoms with E-state index in [9.17, 15) is 4.79 Å². The van der Waals surface area contributed by atoms with Crippen LogP contribution in [0.3, 0.4) is 0 Å². The van der Waals surface area contributed by atoms with Crippen molar-refractivity contribution in [2.24, 2.45) is 0 Å². The summed E-state index contributed by atoms with van der Waals surface area (Å²) in [6.45, 7) is 2.00. The summed E-state index contributed by atoms with van der Waals surface area (Å²) >= 11 is 0. The van der Waals surface area contributed by atoms with Crippen LogP contribution < -0.4 is 11.1 Å². The highest BCUT2D eigenvalue weighted by atomic mass is 16.1. The quantitative estimate of drug-likeness (QED) is 0.876. The average Bonchev–Trinajstić information content (AvgIpc) is 2.46. The molecule has 1 unspecified atom stereocenters. The summed E-state index contributed by atoms with van der Waals surface area (Å²) in [6, 6.07) is 12.0. The van der Waals surface area contributed by atoms with E-state index in [1.54, 1.807) is 12.3 Å². The van der Waals surface area contributed by atoms with Gasteiger partial charge >= 0.3 is 0 Å². The molecule has 3 N–H and O–H groups in total. The molecule has 0 aliphatic heterocycles. The van der Waals surface area contributed by atoms with Crippen LogP contribution in [0.5, 0.6) is 0 Å². The molecule has 20 heavy (non-hydrogen) atoms. The van der Waals surface area contributed by atoms with E-state index in [1.165, 1.54) is 11.8 Å². The lowest BCUT2D eigenvalue weighted by Gasteiger charge is -2.14. The van der Waals surface area contributed by atoms with Gasteiger partial charge in [0.05, 0.1) is 17.4 Å². The van der Waals surface area contributed by atoms with E-state index in [1.807, 2.05) is 25.1 Å². The van der Waals surface area contributed by atoms with E-state index in [4.69, 9.17) is 5.73 Å².